The molecule has 2 aromatic carbocycles. The van der Waals surface area contributed by atoms with E-state index in [0.717, 1.165) is 10.2 Å². The fraction of sp³-hybridized carbons (Fsp3) is 0.133. The lowest BCUT2D eigenvalue weighted by atomic mass is 10.2. The second kappa shape index (κ2) is 6.81. The Morgan fingerprint density at radius 2 is 1.47 bits per heavy atom. The first-order chi connectivity index (χ1) is 9.31. The molecule has 0 fully saturated rings. The van der Waals surface area contributed by atoms with Crippen LogP contribution < -0.4 is 9.47 Å². The van der Waals surface area contributed by atoms with Gasteiger partial charge in [-0.25, -0.2) is 0 Å². The first-order valence-electron chi connectivity index (χ1n) is 5.80. The molecule has 96 valence electrons. The van der Waals surface area contributed by atoms with Crippen LogP contribution in [0.25, 0.3) is 0 Å². The van der Waals surface area contributed by atoms with E-state index in [9.17, 15) is 0 Å². The third kappa shape index (κ3) is 3.73. The van der Waals surface area contributed by atoms with Gasteiger partial charge in [0.25, 0.3) is 0 Å². The van der Waals surface area contributed by atoms with Crippen molar-refractivity contribution in [3.05, 3.63) is 58.6 Å². The Bertz CT molecular complexity index is 593. The molecule has 0 amide bonds. The quantitative estimate of drug-likeness (QED) is 0.788. The van der Waals surface area contributed by atoms with Crippen molar-refractivity contribution >= 4 is 15.9 Å². The minimum Gasteiger partial charge on any atom is -0.489 e. The standard InChI is InChI=1S/C15H12BrNO2/c16-13-6-2-4-8-15(13)19-10-9-18-14-7-3-1-5-12(14)11-17/h1-8H,9-10H2. The van der Waals surface area contributed by atoms with Crippen LogP contribution in [-0.4, -0.2) is 13.2 Å². The zero-order valence-corrected chi connectivity index (χ0v) is 11.8. The van der Waals surface area contributed by atoms with Gasteiger partial charge in [-0.2, -0.15) is 5.26 Å². The summed E-state index contributed by atoms with van der Waals surface area (Å²) in [6.07, 6.45) is 0. The molecular weight excluding hydrogens is 306 g/mol. The van der Waals surface area contributed by atoms with Gasteiger partial charge < -0.3 is 9.47 Å². The molecule has 0 N–H and O–H groups in total. The van der Waals surface area contributed by atoms with Gasteiger partial charge in [0, 0.05) is 0 Å². The van der Waals surface area contributed by atoms with Crippen molar-refractivity contribution in [2.45, 2.75) is 0 Å². The highest BCUT2D eigenvalue weighted by Gasteiger charge is 2.02. The molecule has 0 aliphatic heterocycles. The molecule has 0 aliphatic carbocycles. The number of halogens is 1. The molecule has 0 saturated carbocycles. The fourth-order valence-corrected chi connectivity index (χ4v) is 1.95. The van der Waals surface area contributed by atoms with Crippen molar-refractivity contribution in [2.24, 2.45) is 0 Å². The van der Waals surface area contributed by atoms with Crippen molar-refractivity contribution in [1.29, 1.82) is 5.26 Å². The predicted octanol–water partition coefficient (Wildman–Crippen LogP) is 3.78. The second-order valence-corrected chi connectivity index (χ2v) is 4.59. The summed E-state index contributed by atoms with van der Waals surface area (Å²) >= 11 is 3.41. The summed E-state index contributed by atoms with van der Waals surface area (Å²) in [5.41, 5.74) is 0.531. The number of ether oxygens (including phenoxy) is 2. The van der Waals surface area contributed by atoms with Gasteiger partial charge in [-0.15, -0.1) is 0 Å². The van der Waals surface area contributed by atoms with Crippen LogP contribution in [0, 0.1) is 11.3 Å². The third-order valence-corrected chi connectivity index (χ3v) is 3.10. The first kappa shape index (κ1) is 13.4. The zero-order chi connectivity index (χ0) is 13.5. The fourth-order valence-electron chi connectivity index (χ4n) is 1.55. The first-order valence-corrected chi connectivity index (χ1v) is 6.60. The molecule has 0 aromatic heterocycles. The van der Waals surface area contributed by atoms with E-state index in [4.69, 9.17) is 14.7 Å². The van der Waals surface area contributed by atoms with E-state index >= 15 is 0 Å². The number of rotatable bonds is 5. The Morgan fingerprint density at radius 1 is 0.895 bits per heavy atom. The van der Waals surface area contributed by atoms with E-state index in [1.165, 1.54) is 0 Å². The molecule has 0 bridgehead atoms. The summed E-state index contributed by atoms with van der Waals surface area (Å²) in [6, 6.07) is 16.9. The van der Waals surface area contributed by atoms with Gasteiger partial charge in [0.05, 0.1) is 10.0 Å². The van der Waals surface area contributed by atoms with Crippen molar-refractivity contribution in [3.8, 4) is 17.6 Å². The Labute approximate surface area is 120 Å². The second-order valence-electron chi connectivity index (χ2n) is 3.74. The van der Waals surface area contributed by atoms with E-state index in [0.29, 0.717) is 24.5 Å². The Balaban J connectivity index is 1.85. The molecule has 0 radical (unpaired) electrons. The maximum Gasteiger partial charge on any atom is 0.137 e. The normalized spacial score (nSPS) is 9.68. The molecule has 2 rings (SSSR count). The highest BCUT2D eigenvalue weighted by molar-refractivity contribution is 9.10. The Morgan fingerprint density at radius 3 is 2.16 bits per heavy atom. The van der Waals surface area contributed by atoms with E-state index in [-0.39, 0.29) is 0 Å². The summed E-state index contributed by atoms with van der Waals surface area (Å²) < 4.78 is 12.0. The van der Waals surface area contributed by atoms with Gasteiger partial charge in [0.1, 0.15) is 30.8 Å². The van der Waals surface area contributed by atoms with Crippen molar-refractivity contribution < 1.29 is 9.47 Å². The lowest BCUT2D eigenvalue weighted by Crippen LogP contribution is -2.09. The molecule has 4 heteroatoms. The van der Waals surface area contributed by atoms with E-state index in [1.807, 2.05) is 36.4 Å². The summed E-state index contributed by atoms with van der Waals surface area (Å²) in [5, 5.41) is 8.92. The molecule has 0 saturated heterocycles. The van der Waals surface area contributed by atoms with Crippen LogP contribution in [0.3, 0.4) is 0 Å². The lowest BCUT2D eigenvalue weighted by Gasteiger charge is -2.10. The summed E-state index contributed by atoms with van der Waals surface area (Å²) in [7, 11) is 0. The van der Waals surface area contributed by atoms with Crippen LogP contribution in [0.1, 0.15) is 5.56 Å². The van der Waals surface area contributed by atoms with Crippen LogP contribution in [0.15, 0.2) is 53.0 Å². The lowest BCUT2D eigenvalue weighted by molar-refractivity contribution is 0.216. The molecule has 0 unspecified atom stereocenters. The van der Waals surface area contributed by atoms with Gasteiger partial charge >= 0.3 is 0 Å². The highest BCUT2D eigenvalue weighted by atomic mass is 79.9. The summed E-state index contributed by atoms with van der Waals surface area (Å²) in [4.78, 5) is 0. The van der Waals surface area contributed by atoms with E-state index < -0.39 is 0 Å². The number of hydrogen-bond donors (Lipinski definition) is 0. The van der Waals surface area contributed by atoms with Gasteiger partial charge in [-0.1, -0.05) is 24.3 Å². The summed E-state index contributed by atoms with van der Waals surface area (Å²) in [6.45, 7) is 0.808. The van der Waals surface area contributed by atoms with Crippen LogP contribution in [-0.2, 0) is 0 Å². The minimum atomic E-state index is 0.389. The molecule has 3 nitrogen and oxygen atoms in total. The molecule has 19 heavy (non-hydrogen) atoms. The van der Waals surface area contributed by atoms with Gasteiger partial charge in [0.15, 0.2) is 0 Å². The van der Waals surface area contributed by atoms with Gasteiger partial charge in [0.2, 0.25) is 0 Å². The summed E-state index contributed by atoms with van der Waals surface area (Å²) in [5.74, 6) is 1.36. The molecule has 2 aromatic rings. The maximum atomic E-state index is 8.92. The zero-order valence-electron chi connectivity index (χ0n) is 10.2. The SMILES string of the molecule is N#Cc1ccccc1OCCOc1ccccc1Br. The Kier molecular flexibility index (Phi) is 4.82. The van der Waals surface area contributed by atoms with E-state index in [2.05, 4.69) is 22.0 Å². The van der Waals surface area contributed by atoms with Crippen molar-refractivity contribution in [1.82, 2.24) is 0 Å². The number of para-hydroxylation sites is 2. The predicted molar refractivity (Wildman–Crippen MR) is 76.3 cm³/mol. The number of nitriles is 1. The minimum absolute atomic E-state index is 0.389. The third-order valence-electron chi connectivity index (χ3n) is 2.44. The smallest absolute Gasteiger partial charge is 0.137 e. The van der Waals surface area contributed by atoms with Crippen molar-refractivity contribution in [2.75, 3.05) is 13.2 Å². The number of hydrogen-bond acceptors (Lipinski definition) is 3. The highest BCUT2D eigenvalue weighted by Crippen LogP contribution is 2.23. The molecule has 0 atom stereocenters. The van der Waals surface area contributed by atoms with Gasteiger partial charge in [-0.05, 0) is 40.2 Å². The molecule has 0 aliphatic rings. The maximum absolute atomic E-state index is 8.92. The van der Waals surface area contributed by atoms with Crippen LogP contribution in [0.5, 0.6) is 11.5 Å². The molecule has 0 heterocycles. The van der Waals surface area contributed by atoms with Crippen molar-refractivity contribution in [3.63, 3.8) is 0 Å². The Hall–Kier alpha value is -1.99. The number of benzene rings is 2. The van der Waals surface area contributed by atoms with Gasteiger partial charge in [-0.3, -0.25) is 0 Å². The average molecular weight is 318 g/mol. The monoisotopic (exact) mass is 317 g/mol. The molecular formula is C15H12BrNO2. The van der Waals surface area contributed by atoms with E-state index in [1.54, 1.807) is 12.1 Å². The van der Waals surface area contributed by atoms with Crippen LogP contribution in [0.2, 0.25) is 0 Å². The molecule has 0 spiro atoms. The van der Waals surface area contributed by atoms with Crippen LogP contribution in [0.4, 0.5) is 0 Å². The van der Waals surface area contributed by atoms with Crippen LogP contribution >= 0.6 is 15.9 Å². The largest absolute Gasteiger partial charge is 0.489 e. The topological polar surface area (TPSA) is 42.2 Å². The average Bonchev–Trinajstić information content (AvgIpc) is 2.45. The number of nitrogens with zero attached hydrogens (tertiary/aromatic N) is 1.